The lowest BCUT2D eigenvalue weighted by Gasteiger charge is -2.20. The van der Waals surface area contributed by atoms with E-state index in [2.05, 4.69) is 35.8 Å². The molecule has 3 rings (SSSR count). The van der Waals surface area contributed by atoms with Crippen LogP contribution in [0.3, 0.4) is 0 Å². The Kier molecular flexibility index (Phi) is 41.1. The first-order valence-corrected chi connectivity index (χ1v) is 30.0. The van der Waals surface area contributed by atoms with Gasteiger partial charge in [0, 0.05) is 56.8 Å². The van der Waals surface area contributed by atoms with E-state index in [1.54, 1.807) is 47.0 Å². The minimum absolute atomic E-state index is 0.0266. The van der Waals surface area contributed by atoms with Crippen LogP contribution < -0.4 is 0 Å². The summed E-state index contributed by atoms with van der Waals surface area (Å²) in [5.74, 6) is 6.74. The number of carbonyl (C=O) groups is 8. The highest BCUT2D eigenvalue weighted by Crippen LogP contribution is 2.21. The van der Waals surface area contributed by atoms with Crippen molar-refractivity contribution in [3.05, 3.63) is 48.6 Å². The SMILES string of the molecule is C=C(C)C(=O)OCC(COC(=O)C(=C)C)OC(=O)CCC(=O)OC1CSCCCSC1.C=C(C)C(=O)OCC(O)COC(=O)C(=C)C.O=C(O)CCC(=O)OC1CSCCCSC1.OC1CSCCCSC1. The Bertz CT molecular complexity index is 1660. The Morgan fingerprint density at radius 2 is 0.764 bits per heavy atom. The van der Waals surface area contributed by atoms with Crippen molar-refractivity contribution in [3.8, 4) is 0 Å². The fraction of sp³-hybridized carbons (Fsp3) is 0.667. The maximum atomic E-state index is 12.2. The Hall–Kier alpha value is -3.26. The maximum Gasteiger partial charge on any atom is 0.333 e. The molecule has 0 aliphatic carbocycles. The Balaban J connectivity index is 0.00000103. The molecule has 18 nitrogen and oxygen atoms in total. The van der Waals surface area contributed by atoms with Crippen molar-refractivity contribution in [2.45, 2.75) is 103 Å². The molecule has 3 heterocycles. The van der Waals surface area contributed by atoms with Gasteiger partial charge in [-0.15, -0.1) is 0 Å². The summed E-state index contributed by atoms with van der Waals surface area (Å²) in [6, 6.07) is 0. The zero-order valence-electron chi connectivity index (χ0n) is 41.9. The number of carbonyl (C=O) groups excluding carboxylic acids is 7. The quantitative estimate of drug-likeness (QED) is 0.0662. The second-order valence-corrected chi connectivity index (χ2v) is 23.0. The predicted molar refractivity (Wildman–Crippen MR) is 289 cm³/mol. The van der Waals surface area contributed by atoms with Crippen LogP contribution in [0.15, 0.2) is 48.6 Å². The minimum atomic E-state index is -1.05. The topological polar surface area (TPSA) is 262 Å². The number of aliphatic hydroxyl groups is 2. The van der Waals surface area contributed by atoms with Crippen molar-refractivity contribution in [1.82, 2.24) is 0 Å². The number of carboxylic acids is 1. The molecule has 0 spiro atoms. The number of ether oxygens (including phenoxy) is 7. The van der Waals surface area contributed by atoms with Crippen LogP contribution in [-0.4, -0.2) is 189 Å². The number of esters is 7. The van der Waals surface area contributed by atoms with E-state index in [-0.39, 0.29) is 92.7 Å². The number of thioether (sulfide) groups is 6. The fourth-order valence-corrected chi connectivity index (χ4v) is 11.5. The monoisotopic (exact) mass is 1130 g/mol. The third kappa shape index (κ3) is 40.2. The van der Waals surface area contributed by atoms with Gasteiger partial charge in [-0.1, -0.05) is 26.3 Å². The van der Waals surface area contributed by atoms with Crippen LogP contribution in [-0.2, 0) is 71.5 Å². The van der Waals surface area contributed by atoms with E-state index < -0.39 is 60.0 Å². The fourth-order valence-electron chi connectivity index (χ4n) is 4.85. The summed E-state index contributed by atoms with van der Waals surface area (Å²) in [6.07, 6.45) is 0.794. The van der Waals surface area contributed by atoms with Crippen LogP contribution in [0, 0.1) is 0 Å². The molecular formula is C48H74O18S6. The van der Waals surface area contributed by atoms with Crippen LogP contribution in [0.25, 0.3) is 0 Å². The summed E-state index contributed by atoms with van der Waals surface area (Å²) in [5, 5.41) is 26.9. The molecule has 0 aromatic carbocycles. The summed E-state index contributed by atoms with van der Waals surface area (Å²) < 4.78 is 35.2. The molecule has 0 radical (unpaired) electrons. The molecule has 410 valence electrons. The van der Waals surface area contributed by atoms with E-state index in [1.165, 1.54) is 52.0 Å². The van der Waals surface area contributed by atoms with Crippen molar-refractivity contribution in [2.24, 2.45) is 0 Å². The molecule has 24 heteroatoms. The van der Waals surface area contributed by atoms with E-state index in [0.29, 0.717) is 0 Å². The van der Waals surface area contributed by atoms with Gasteiger partial charge in [0.25, 0.3) is 0 Å². The average molecular weight is 1130 g/mol. The van der Waals surface area contributed by atoms with Crippen LogP contribution in [0.5, 0.6) is 0 Å². The van der Waals surface area contributed by atoms with E-state index >= 15 is 0 Å². The molecule has 0 saturated carbocycles. The van der Waals surface area contributed by atoms with Gasteiger partial charge < -0.3 is 48.5 Å². The van der Waals surface area contributed by atoms with Gasteiger partial charge >= 0.3 is 47.8 Å². The van der Waals surface area contributed by atoms with Crippen molar-refractivity contribution in [2.75, 3.05) is 95.5 Å². The van der Waals surface area contributed by atoms with Crippen molar-refractivity contribution in [1.29, 1.82) is 0 Å². The third-order valence-electron chi connectivity index (χ3n) is 8.55. The van der Waals surface area contributed by atoms with Gasteiger partial charge in [-0.25, -0.2) is 19.2 Å². The van der Waals surface area contributed by atoms with Crippen LogP contribution in [0.2, 0.25) is 0 Å². The molecule has 3 aliphatic rings. The standard InChI is InChI=1S/C21H30O8S2.C11H16O5.C10H16O4S2.C6H12OS2/c1-14(2)20(24)26-10-16(11-27-21(25)15(3)4)28-18(22)6-7-19(23)29-17-12-30-8-5-9-31-13-17;1-7(2)10(13)15-5-9(12)6-16-11(14)8(3)4;11-9(12)2-3-10(13)14-8-6-15-4-1-5-16-7-8;7-6-4-8-2-1-3-9-5-6/h16-17H,1,3,5-13H2,2,4H3;9,12H,1,3,5-6H2,2,4H3;8H,1-7H2,(H,11,12);6-7H,1-5H2. The van der Waals surface area contributed by atoms with Gasteiger partial charge in [-0.3, -0.25) is 19.2 Å². The highest BCUT2D eigenvalue weighted by atomic mass is 32.2. The zero-order chi connectivity index (χ0) is 54.3. The number of aliphatic carboxylic acids is 1. The van der Waals surface area contributed by atoms with Gasteiger partial charge in [0.15, 0.2) is 6.10 Å². The highest BCUT2D eigenvalue weighted by Gasteiger charge is 2.23. The summed E-state index contributed by atoms with van der Waals surface area (Å²) in [4.78, 5) is 90.9. The lowest BCUT2D eigenvalue weighted by Crippen LogP contribution is -2.31. The second-order valence-electron chi connectivity index (χ2n) is 16.1. The number of carboxylic acid groups (broad SMARTS) is 1. The number of aliphatic hydroxyl groups excluding tert-OH is 2. The van der Waals surface area contributed by atoms with E-state index in [4.69, 9.17) is 28.8 Å². The lowest BCUT2D eigenvalue weighted by atomic mass is 10.3. The normalized spacial score (nSPS) is 15.7. The van der Waals surface area contributed by atoms with Crippen molar-refractivity contribution >= 4 is 118 Å². The van der Waals surface area contributed by atoms with Crippen LogP contribution in [0.4, 0.5) is 0 Å². The largest absolute Gasteiger partial charge is 0.481 e. The molecule has 3 fully saturated rings. The lowest BCUT2D eigenvalue weighted by molar-refractivity contribution is -0.165. The smallest absolute Gasteiger partial charge is 0.333 e. The number of hydrogen-bond donors (Lipinski definition) is 3. The van der Waals surface area contributed by atoms with Gasteiger partial charge in [0.05, 0.1) is 31.8 Å². The van der Waals surface area contributed by atoms with Crippen molar-refractivity contribution < 1.29 is 86.8 Å². The molecule has 0 amide bonds. The van der Waals surface area contributed by atoms with Gasteiger partial charge in [-0.05, 0) is 81.5 Å². The van der Waals surface area contributed by atoms with E-state index in [0.717, 1.165) is 63.9 Å². The molecule has 0 bridgehead atoms. The first-order chi connectivity index (χ1) is 34.1. The molecule has 0 atom stereocenters. The maximum absolute atomic E-state index is 12.2. The Morgan fingerprint density at radius 1 is 0.472 bits per heavy atom. The summed E-state index contributed by atoms with van der Waals surface area (Å²) >= 11 is 10.8. The predicted octanol–water partition coefficient (Wildman–Crippen LogP) is 6.14. The molecule has 3 N–H and O–H groups in total. The third-order valence-corrected chi connectivity index (χ3v) is 15.7. The average Bonchev–Trinajstić information content (AvgIpc) is 3.29. The zero-order valence-corrected chi connectivity index (χ0v) is 46.8. The van der Waals surface area contributed by atoms with Gasteiger partial charge in [0.1, 0.15) is 44.7 Å². The molecular weight excluding hydrogens is 1060 g/mol. The minimum Gasteiger partial charge on any atom is -0.481 e. The number of hydrogen-bond acceptors (Lipinski definition) is 23. The van der Waals surface area contributed by atoms with Crippen LogP contribution in [0.1, 0.15) is 72.6 Å². The molecule has 3 aliphatic heterocycles. The first-order valence-electron chi connectivity index (χ1n) is 23.0. The van der Waals surface area contributed by atoms with Crippen molar-refractivity contribution in [3.63, 3.8) is 0 Å². The molecule has 3 saturated heterocycles. The molecule has 0 aromatic heterocycles. The number of rotatable bonds is 21. The van der Waals surface area contributed by atoms with Gasteiger partial charge in [-0.2, -0.15) is 70.6 Å². The van der Waals surface area contributed by atoms with E-state index in [9.17, 15) is 48.6 Å². The molecule has 72 heavy (non-hydrogen) atoms. The molecule has 0 unspecified atom stereocenters. The van der Waals surface area contributed by atoms with Gasteiger partial charge in [0.2, 0.25) is 0 Å². The highest BCUT2D eigenvalue weighted by molar-refractivity contribution is 8.01. The Morgan fingerprint density at radius 3 is 1.08 bits per heavy atom. The second kappa shape index (κ2) is 43.0. The Labute approximate surface area is 449 Å². The summed E-state index contributed by atoms with van der Waals surface area (Å²) in [6.45, 7) is 18.5. The van der Waals surface area contributed by atoms with Crippen LogP contribution >= 0.6 is 70.6 Å². The molecule has 0 aromatic rings. The van der Waals surface area contributed by atoms with E-state index in [1.807, 2.05) is 23.5 Å². The first kappa shape index (κ1) is 68.7. The summed E-state index contributed by atoms with van der Waals surface area (Å²) in [7, 11) is 0. The summed E-state index contributed by atoms with van der Waals surface area (Å²) in [5.41, 5.74) is 0.840.